The molecule has 1 saturated heterocycles. The molecule has 1 N–H and O–H groups in total. The summed E-state index contributed by atoms with van der Waals surface area (Å²) in [5.74, 6) is 1.35. The first-order valence-corrected chi connectivity index (χ1v) is 3.23. The number of hydrogen-bond acceptors (Lipinski definition) is 4. The highest BCUT2D eigenvalue weighted by Gasteiger charge is 2.53. The van der Waals surface area contributed by atoms with Crippen molar-refractivity contribution in [2.45, 2.75) is 18.5 Å². The van der Waals surface area contributed by atoms with Crippen molar-refractivity contribution in [3.8, 4) is 0 Å². The Bertz CT molecular complexity index is 218. The van der Waals surface area contributed by atoms with E-state index in [1.54, 1.807) is 0 Å². The summed E-state index contributed by atoms with van der Waals surface area (Å²) in [7, 11) is 0. The van der Waals surface area contributed by atoms with Crippen LogP contribution in [0.15, 0.2) is 11.5 Å². The van der Waals surface area contributed by atoms with Crippen LogP contribution in [0.2, 0.25) is 0 Å². The molecule has 2 bridgehead atoms. The Balaban J connectivity index is 2.03. The second-order valence-corrected chi connectivity index (χ2v) is 2.62. The lowest BCUT2D eigenvalue weighted by atomic mass is 10.2. The fourth-order valence-electron chi connectivity index (χ4n) is 1.35. The molecule has 0 spiro atoms. The molecule has 3 aliphatic heterocycles. The average molecular weight is 142 g/mol. The molecule has 0 aromatic carbocycles. The van der Waals surface area contributed by atoms with Gasteiger partial charge in [-0.15, -0.1) is 0 Å². The number of hydrogen-bond donors (Lipinski definition) is 1. The molecule has 4 heteroatoms. The highest BCUT2D eigenvalue weighted by molar-refractivity contribution is 5.29. The van der Waals surface area contributed by atoms with Crippen molar-refractivity contribution in [3.05, 3.63) is 11.5 Å². The van der Waals surface area contributed by atoms with Crippen molar-refractivity contribution in [1.29, 1.82) is 0 Å². The van der Waals surface area contributed by atoms with Crippen LogP contribution in [-0.4, -0.2) is 30.2 Å². The molecule has 3 heterocycles. The zero-order valence-corrected chi connectivity index (χ0v) is 5.11. The zero-order chi connectivity index (χ0) is 6.72. The van der Waals surface area contributed by atoms with Gasteiger partial charge in [0.2, 0.25) is 12.0 Å². The smallest absolute Gasteiger partial charge is 0.221 e. The van der Waals surface area contributed by atoms with Gasteiger partial charge in [0.15, 0.2) is 5.76 Å². The number of aliphatic hydroxyl groups is 1. The quantitative estimate of drug-likeness (QED) is 0.488. The third-order valence-corrected chi connectivity index (χ3v) is 1.97. The molecule has 1 unspecified atom stereocenters. The molecule has 0 saturated carbocycles. The number of fused-ring (bicyclic) bond motifs is 3. The van der Waals surface area contributed by atoms with Gasteiger partial charge in [-0.05, 0) is 0 Å². The van der Waals surface area contributed by atoms with E-state index < -0.39 is 6.10 Å². The Morgan fingerprint density at radius 3 is 3.20 bits per heavy atom. The number of aliphatic hydroxyl groups excluding tert-OH is 1. The van der Waals surface area contributed by atoms with Crippen molar-refractivity contribution in [1.82, 2.24) is 0 Å². The summed E-state index contributed by atoms with van der Waals surface area (Å²) in [6.07, 6.45) is -1.11. The monoisotopic (exact) mass is 142 g/mol. The summed E-state index contributed by atoms with van der Waals surface area (Å²) in [6, 6.07) is 0. The Kier molecular flexibility index (Phi) is 0.700. The number of rotatable bonds is 0. The van der Waals surface area contributed by atoms with Crippen LogP contribution in [0.5, 0.6) is 0 Å². The molecular formula is C6H6O4. The second kappa shape index (κ2) is 1.37. The van der Waals surface area contributed by atoms with Crippen molar-refractivity contribution in [3.63, 3.8) is 0 Å². The summed E-state index contributed by atoms with van der Waals surface area (Å²) in [5.41, 5.74) is 0. The predicted octanol–water partition coefficient (Wildman–Crippen LogP) is -0.656. The highest BCUT2D eigenvalue weighted by Crippen LogP contribution is 2.43. The number of ether oxygens (including phenoxy) is 3. The van der Waals surface area contributed by atoms with E-state index in [0.29, 0.717) is 18.1 Å². The van der Waals surface area contributed by atoms with Crippen LogP contribution in [0.4, 0.5) is 0 Å². The maximum atomic E-state index is 9.32. The second-order valence-electron chi connectivity index (χ2n) is 2.62. The standard InChI is InChI=1S/C6H6O4/c7-3-2-1-8-6(9-2)5-4(3)10-5/h2-3,6-7H,1H2/t2?,3-,6-/m1/s1. The first-order valence-electron chi connectivity index (χ1n) is 3.23. The van der Waals surface area contributed by atoms with Crippen LogP contribution in [0.25, 0.3) is 0 Å². The SMILES string of the molecule is O[C@H]1C2=C(O2)[C@@H]2OCC1O2. The summed E-state index contributed by atoms with van der Waals surface area (Å²) < 4.78 is 15.3. The van der Waals surface area contributed by atoms with Crippen LogP contribution in [0, 0.1) is 0 Å². The fraction of sp³-hybridized carbons (Fsp3) is 0.667. The van der Waals surface area contributed by atoms with Gasteiger partial charge >= 0.3 is 0 Å². The molecule has 3 aliphatic rings. The van der Waals surface area contributed by atoms with Crippen LogP contribution >= 0.6 is 0 Å². The topological polar surface area (TPSA) is 51.2 Å². The zero-order valence-electron chi connectivity index (χ0n) is 5.11. The van der Waals surface area contributed by atoms with Crippen LogP contribution in [0.3, 0.4) is 0 Å². The Morgan fingerprint density at radius 2 is 2.30 bits per heavy atom. The Hall–Kier alpha value is -0.580. The largest absolute Gasteiger partial charge is 0.450 e. The van der Waals surface area contributed by atoms with Crippen LogP contribution in [-0.2, 0) is 14.2 Å². The van der Waals surface area contributed by atoms with Gasteiger partial charge in [0, 0.05) is 0 Å². The van der Waals surface area contributed by atoms with Gasteiger partial charge in [0.05, 0.1) is 6.61 Å². The third-order valence-electron chi connectivity index (χ3n) is 1.97. The fourth-order valence-corrected chi connectivity index (χ4v) is 1.35. The van der Waals surface area contributed by atoms with Crippen LogP contribution in [0.1, 0.15) is 0 Å². The molecule has 54 valence electrons. The Morgan fingerprint density at radius 1 is 1.40 bits per heavy atom. The summed E-state index contributed by atoms with van der Waals surface area (Å²) in [6.45, 7) is 0.474. The highest BCUT2D eigenvalue weighted by atomic mass is 16.8. The molecular weight excluding hydrogens is 136 g/mol. The molecule has 0 amide bonds. The normalized spacial score (nSPS) is 48.7. The first kappa shape index (κ1) is 5.12. The van der Waals surface area contributed by atoms with E-state index in [4.69, 9.17) is 14.2 Å². The van der Waals surface area contributed by atoms with Gasteiger partial charge in [0.1, 0.15) is 12.2 Å². The predicted molar refractivity (Wildman–Crippen MR) is 28.7 cm³/mol. The summed E-state index contributed by atoms with van der Waals surface area (Å²) in [5, 5.41) is 9.32. The van der Waals surface area contributed by atoms with E-state index in [1.165, 1.54) is 0 Å². The lowest BCUT2D eigenvalue weighted by molar-refractivity contribution is -0.0561. The van der Waals surface area contributed by atoms with Crippen molar-refractivity contribution in [2.75, 3.05) is 6.61 Å². The molecule has 3 atom stereocenters. The maximum absolute atomic E-state index is 9.32. The van der Waals surface area contributed by atoms with Gasteiger partial charge in [-0.3, -0.25) is 0 Å². The summed E-state index contributed by atoms with van der Waals surface area (Å²) in [4.78, 5) is 0. The van der Waals surface area contributed by atoms with Gasteiger partial charge < -0.3 is 19.3 Å². The lowest BCUT2D eigenvalue weighted by Gasteiger charge is -2.12. The first-order chi connectivity index (χ1) is 4.86. The van der Waals surface area contributed by atoms with Crippen molar-refractivity contribution >= 4 is 0 Å². The van der Waals surface area contributed by atoms with E-state index in [1.807, 2.05) is 0 Å². The van der Waals surface area contributed by atoms with E-state index in [9.17, 15) is 5.11 Å². The minimum atomic E-state index is -0.589. The average Bonchev–Trinajstić information content (AvgIpc) is 2.61. The molecule has 3 rings (SSSR count). The lowest BCUT2D eigenvalue weighted by Crippen LogP contribution is -2.29. The minimum absolute atomic E-state index is 0.203. The minimum Gasteiger partial charge on any atom is -0.450 e. The third kappa shape index (κ3) is 0.438. The molecule has 0 radical (unpaired) electrons. The van der Waals surface area contributed by atoms with Crippen molar-refractivity contribution in [2.24, 2.45) is 0 Å². The van der Waals surface area contributed by atoms with Crippen molar-refractivity contribution < 1.29 is 19.3 Å². The molecule has 0 aromatic heterocycles. The van der Waals surface area contributed by atoms with Crippen LogP contribution < -0.4 is 0 Å². The van der Waals surface area contributed by atoms with E-state index in [0.717, 1.165) is 0 Å². The van der Waals surface area contributed by atoms with Gasteiger partial charge in [-0.1, -0.05) is 0 Å². The van der Waals surface area contributed by atoms with E-state index in [2.05, 4.69) is 0 Å². The maximum Gasteiger partial charge on any atom is 0.221 e. The molecule has 0 aromatic rings. The van der Waals surface area contributed by atoms with E-state index in [-0.39, 0.29) is 12.4 Å². The Labute approximate surface area is 57.0 Å². The molecule has 4 nitrogen and oxygen atoms in total. The van der Waals surface area contributed by atoms with Gasteiger partial charge in [-0.25, -0.2) is 0 Å². The summed E-state index contributed by atoms with van der Waals surface area (Å²) >= 11 is 0. The van der Waals surface area contributed by atoms with E-state index >= 15 is 0 Å². The molecule has 0 aliphatic carbocycles. The van der Waals surface area contributed by atoms with Gasteiger partial charge in [-0.2, -0.15) is 0 Å². The molecule has 10 heavy (non-hydrogen) atoms. The van der Waals surface area contributed by atoms with Gasteiger partial charge in [0.25, 0.3) is 0 Å². The molecule has 1 fully saturated rings.